The van der Waals surface area contributed by atoms with Gasteiger partial charge in [0.15, 0.2) is 0 Å². The third kappa shape index (κ3) is 2.49. The Labute approximate surface area is 127 Å². The van der Waals surface area contributed by atoms with E-state index in [4.69, 9.17) is 10.6 Å². The van der Waals surface area contributed by atoms with Gasteiger partial charge in [-0.15, -0.1) is 0 Å². The number of fused-ring (bicyclic) bond motifs is 1. The predicted octanol–water partition coefficient (Wildman–Crippen LogP) is 2.51. The second kappa shape index (κ2) is 5.83. The van der Waals surface area contributed by atoms with Gasteiger partial charge in [0.25, 0.3) is 5.91 Å². The third-order valence-corrected chi connectivity index (χ3v) is 3.48. The molecule has 0 atom stereocenters. The highest BCUT2D eigenvalue weighted by atomic mass is 16.5. The maximum absolute atomic E-state index is 12.0. The number of pyridine rings is 1. The molecule has 22 heavy (non-hydrogen) atoms. The maximum Gasteiger partial charge on any atom is 0.265 e. The van der Waals surface area contributed by atoms with Gasteiger partial charge in [-0.2, -0.15) is 0 Å². The van der Waals surface area contributed by atoms with Crippen LogP contribution in [0.3, 0.4) is 0 Å². The van der Waals surface area contributed by atoms with Crippen molar-refractivity contribution >= 4 is 16.8 Å². The first-order chi connectivity index (χ1) is 10.7. The Morgan fingerprint density at radius 3 is 2.55 bits per heavy atom. The first kappa shape index (κ1) is 14.0. The van der Waals surface area contributed by atoms with Gasteiger partial charge in [0, 0.05) is 10.9 Å². The van der Waals surface area contributed by atoms with E-state index in [1.54, 1.807) is 13.2 Å². The summed E-state index contributed by atoms with van der Waals surface area (Å²) in [7, 11) is 1.62. The number of ether oxygens (including phenoxy) is 1. The zero-order valence-corrected chi connectivity index (χ0v) is 12.0. The van der Waals surface area contributed by atoms with Gasteiger partial charge in [0.05, 0.1) is 23.9 Å². The molecule has 5 nitrogen and oxygen atoms in total. The predicted molar refractivity (Wildman–Crippen MR) is 85.4 cm³/mol. The SMILES string of the molecule is COc1ccc(-c2cc(C(=O)NN)c3ccccc3n2)cc1. The highest BCUT2D eigenvalue weighted by molar-refractivity contribution is 6.06. The van der Waals surface area contributed by atoms with E-state index in [9.17, 15) is 4.79 Å². The van der Waals surface area contributed by atoms with Gasteiger partial charge in [0.1, 0.15) is 5.75 Å². The summed E-state index contributed by atoms with van der Waals surface area (Å²) in [5, 5.41) is 0.766. The summed E-state index contributed by atoms with van der Waals surface area (Å²) >= 11 is 0. The van der Waals surface area contributed by atoms with Crippen LogP contribution in [0.25, 0.3) is 22.2 Å². The summed E-state index contributed by atoms with van der Waals surface area (Å²) < 4.78 is 5.15. The van der Waals surface area contributed by atoms with E-state index >= 15 is 0 Å². The standard InChI is InChI=1S/C17H15N3O2/c1-22-12-8-6-11(7-9-12)16-10-14(17(21)20-18)13-4-2-3-5-15(13)19-16/h2-10H,18H2,1H3,(H,20,21). The lowest BCUT2D eigenvalue weighted by atomic mass is 10.0. The number of aromatic nitrogens is 1. The molecule has 0 radical (unpaired) electrons. The molecule has 0 fully saturated rings. The molecule has 3 rings (SSSR count). The second-order valence-corrected chi connectivity index (χ2v) is 4.77. The first-order valence-corrected chi connectivity index (χ1v) is 6.78. The van der Waals surface area contributed by atoms with Gasteiger partial charge in [0.2, 0.25) is 0 Å². The largest absolute Gasteiger partial charge is 0.497 e. The van der Waals surface area contributed by atoms with Gasteiger partial charge in [-0.3, -0.25) is 10.2 Å². The number of hydrogen-bond acceptors (Lipinski definition) is 4. The van der Waals surface area contributed by atoms with Gasteiger partial charge >= 0.3 is 0 Å². The molecule has 0 aliphatic carbocycles. The Morgan fingerprint density at radius 1 is 1.14 bits per heavy atom. The van der Waals surface area contributed by atoms with Crippen molar-refractivity contribution < 1.29 is 9.53 Å². The monoisotopic (exact) mass is 293 g/mol. The average Bonchev–Trinajstić information content (AvgIpc) is 2.60. The third-order valence-electron chi connectivity index (χ3n) is 3.48. The molecule has 1 amide bonds. The molecule has 0 bridgehead atoms. The number of rotatable bonds is 3. The number of hydrogen-bond donors (Lipinski definition) is 2. The fraction of sp³-hybridized carbons (Fsp3) is 0.0588. The van der Waals surface area contributed by atoms with E-state index in [1.807, 2.05) is 48.5 Å². The Balaban J connectivity index is 2.19. The van der Waals surface area contributed by atoms with Gasteiger partial charge in [-0.1, -0.05) is 18.2 Å². The van der Waals surface area contributed by atoms with Crippen molar-refractivity contribution in [1.82, 2.24) is 10.4 Å². The van der Waals surface area contributed by atoms with Gasteiger partial charge < -0.3 is 4.74 Å². The van der Waals surface area contributed by atoms with Crippen LogP contribution in [-0.4, -0.2) is 18.0 Å². The number of para-hydroxylation sites is 1. The van der Waals surface area contributed by atoms with Crippen LogP contribution < -0.4 is 16.0 Å². The number of hydrazine groups is 1. The van der Waals surface area contributed by atoms with Crippen LogP contribution >= 0.6 is 0 Å². The number of nitrogens with zero attached hydrogens (tertiary/aromatic N) is 1. The molecule has 1 heterocycles. The van der Waals surface area contributed by atoms with Crippen LogP contribution in [0.2, 0.25) is 0 Å². The Morgan fingerprint density at radius 2 is 1.86 bits per heavy atom. The molecule has 2 aromatic carbocycles. The number of nitrogens with two attached hydrogens (primary N) is 1. The topological polar surface area (TPSA) is 77.2 Å². The minimum atomic E-state index is -0.339. The Hall–Kier alpha value is -2.92. The highest BCUT2D eigenvalue weighted by Crippen LogP contribution is 2.26. The van der Waals surface area contributed by atoms with Crippen molar-refractivity contribution in [3.63, 3.8) is 0 Å². The fourth-order valence-corrected chi connectivity index (χ4v) is 2.35. The van der Waals surface area contributed by atoms with E-state index in [0.717, 1.165) is 22.2 Å². The fourth-order valence-electron chi connectivity index (χ4n) is 2.35. The zero-order valence-electron chi connectivity index (χ0n) is 12.0. The van der Waals surface area contributed by atoms with E-state index in [0.29, 0.717) is 11.3 Å². The second-order valence-electron chi connectivity index (χ2n) is 4.77. The molecule has 5 heteroatoms. The summed E-state index contributed by atoms with van der Waals surface area (Å²) in [5.41, 5.74) is 5.04. The summed E-state index contributed by atoms with van der Waals surface area (Å²) in [5.74, 6) is 5.71. The van der Waals surface area contributed by atoms with Gasteiger partial charge in [-0.05, 0) is 36.4 Å². The molecule has 0 spiro atoms. The molecule has 110 valence electrons. The zero-order chi connectivity index (χ0) is 15.5. The quantitative estimate of drug-likeness (QED) is 0.442. The van der Waals surface area contributed by atoms with Crippen LogP contribution in [0.1, 0.15) is 10.4 Å². The number of methoxy groups -OCH3 is 1. The number of amides is 1. The first-order valence-electron chi connectivity index (χ1n) is 6.78. The lowest BCUT2D eigenvalue weighted by Crippen LogP contribution is -2.30. The smallest absolute Gasteiger partial charge is 0.265 e. The molecule has 3 aromatic rings. The van der Waals surface area contributed by atoms with E-state index < -0.39 is 0 Å². The van der Waals surface area contributed by atoms with Crippen LogP contribution in [0.5, 0.6) is 5.75 Å². The summed E-state index contributed by atoms with van der Waals surface area (Å²) in [6.07, 6.45) is 0. The van der Waals surface area contributed by atoms with Crippen LogP contribution in [0.4, 0.5) is 0 Å². The Kier molecular flexibility index (Phi) is 3.72. The molecule has 0 aliphatic rings. The number of carbonyl (C=O) groups is 1. The van der Waals surface area contributed by atoms with Crippen molar-refractivity contribution in [3.05, 3.63) is 60.2 Å². The summed E-state index contributed by atoms with van der Waals surface area (Å²) in [4.78, 5) is 16.6. The van der Waals surface area contributed by atoms with Crippen molar-refractivity contribution in [3.8, 4) is 17.0 Å². The maximum atomic E-state index is 12.0. The van der Waals surface area contributed by atoms with Crippen molar-refractivity contribution in [2.24, 2.45) is 5.84 Å². The lowest BCUT2D eigenvalue weighted by Gasteiger charge is -2.09. The highest BCUT2D eigenvalue weighted by Gasteiger charge is 2.12. The van der Waals surface area contributed by atoms with Crippen molar-refractivity contribution in [2.75, 3.05) is 7.11 Å². The molecule has 0 aliphatic heterocycles. The number of nitrogen functional groups attached to an aromatic ring is 1. The molecular weight excluding hydrogens is 278 g/mol. The number of nitrogens with one attached hydrogen (secondary N) is 1. The van der Waals surface area contributed by atoms with Crippen LogP contribution in [0, 0.1) is 0 Å². The van der Waals surface area contributed by atoms with Crippen LogP contribution in [-0.2, 0) is 0 Å². The van der Waals surface area contributed by atoms with Crippen LogP contribution in [0.15, 0.2) is 54.6 Å². The molecule has 1 aromatic heterocycles. The van der Waals surface area contributed by atoms with Crippen molar-refractivity contribution in [1.29, 1.82) is 0 Å². The van der Waals surface area contributed by atoms with E-state index in [1.165, 1.54) is 0 Å². The lowest BCUT2D eigenvalue weighted by molar-refractivity contribution is 0.0955. The van der Waals surface area contributed by atoms with E-state index in [-0.39, 0.29) is 5.91 Å². The minimum absolute atomic E-state index is 0.339. The van der Waals surface area contributed by atoms with Crippen molar-refractivity contribution in [2.45, 2.75) is 0 Å². The Bertz CT molecular complexity index is 829. The average molecular weight is 293 g/mol. The van der Waals surface area contributed by atoms with Gasteiger partial charge in [-0.25, -0.2) is 10.8 Å². The molecule has 0 saturated heterocycles. The molecule has 0 saturated carbocycles. The number of carbonyl (C=O) groups excluding carboxylic acids is 1. The summed E-state index contributed by atoms with van der Waals surface area (Å²) in [6.45, 7) is 0. The summed E-state index contributed by atoms with van der Waals surface area (Å²) in [6, 6.07) is 16.7. The number of benzene rings is 2. The normalized spacial score (nSPS) is 10.5. The molecular formula is C17H15N3O2. The molecule has 3 N–H and O–H groups in total. The molecule has 0 unspecified atom stereocenters. The minimum Gasteiger partial charge on any atom is -0.497 e. The van der Waals surface area contributed by atoms with E-state index in [2.05, 4.69) is 10.4 Å².